The number of hydrogen-bond acceptors (Lipinski definition) is 5. The average molecular weight is 262 g/mol. The van der Waals surface area contributed by atoms with Crippen molar-refractivity contribution < 1.29 is 4.74 Å². The number of nitrogens with one attached hydrogen (secondary N) is 2. The highest BCUT2D eigenvalue weighted by Gasteiger charge is 2.17. The Kier molecular flexibility index (Phi) is 4.25. The number of nitrogens with zero attached hydrogens (tertiary/aromatic N) is 2. The Morgan fingerprint density at radius 1 is 1.21 bits per heavy atom. The zero-order valence-corrected chi connectivity index (χ0v) is 11.3. The fourth-order valence-electron chi connectivity index (χ4n) is 2.82. The predicted molar refractivity (Wildman–Crippen MR) is 74.3 cm³/mol. The normalized spacial score (nSPS) is 24.5. The van der Waals surface area contributed by atoms with Crippen LogP contribution in [0, 0.1) is 0 Å². The molecule has 5 nitrogen and oxygen atoms in total. The van der Waals surface area contributed by atoms with Gasteiger partial charge in [0.1, 0.15) is 0 Å². The second kappa shape index (κ2) is 6.30. The SMILES string of the molecule is c1nc(NCC2CCCN2)ncc1C1CCOCC1. The van der Waals surface area contributed by atoms with Gasteiger partial charge in [-0.3, -0.25) is 0 Å². The first-order valence-corrected chi connectivity index (χ1v) is 7.29. The summed E-state index contributed by atoms with van der Waals surface area (Å²) in [7, 11) is 0. The van der Waals surface area contributed by atoms with Crippen LogP contribution in [0.15, 0.2) is 12.4 Å². The van der Waals surface area contributed by atoms with Crippen LogP contribution >= 0.6 is 0 Å². The Labute approximate surface area is 114 Å². The molecule has 0 amide bonds. The van der Waals surface area contributed by atoms with Crippen LogP contribution in [-0.2, 0) is 4.74 Å². The van der Waals surface area contributed by atoms with E-state index < -0.39 is 0 Å². The van der Waals surface area contributed by atoms with E-state index in [0.717, 1.165) is 45.1 Å². The molecule has 0 radical (unpaired) electrons. The maximum Gasteiger partial charge on any atom is 0.222 e. The van der Waals surface area contributed by atoms with Gasteiger partial charge in [-0.05, 0) is 43.7 Å². The summed E-state index contributed by atoms with van der Waals surface area (Å²) in [5.74, 6) is 1.31. The summed E-state index contributed by atoms with van der Waals surface area (Å²) < 4.78 is 5.38. The lowest BCUT2D eigenvalue weighted by molar-refractivity contribution is 0.0852. The number of hydrogen-bond donors (Lipinski definition) is 2. The Balaban J connectivity index is 1.52. The standard InChI is InChI=1S/C14H22N4O/c1-2-13(15-5-1)10-18-14-16-8-12(9-17-14)11-3-6-19-7-4-11/h8-9,11,13,15H,1-7,10H2,(H,16,17,18). The van der Waals surface area contributed by atoms with Gasteiger partial charge in [0.15, 0.2) is 0 Å². The van der Waals surface area contributed by atoms with Crippen molar-refractivity contribution in [1.82, 2.24) is 15.3 Å². The van der Waals surface area contributed by atoms with Crippen molar-refractivity contribution in [2.75, 3.05) is 31.6 Å². The van der Waals surface area contributed by atoms with Gasteiger partial charge in [-0.15, -0.1) is 0 Å². The molecule has 2 N–H and O–H groups in total. The van der Waals surface area contributed by atoms with Gasteiger partial charge in [-0.25, -0.2) is 9.97 Å². The van der Waals surface area contributed by atoms with Crippen molar-refractivity contribution in [3.05, 3.63) is 18.0 Å². The van der Waals surface area contributed by atoms with Gasteiger partial charge in [-0.1, -0.05) is 0 Å². The topological polar surface area (TPSA) is 59.1 Å². The van der Waals surface area contributed by atoms with Crippen molar-refractivity contribution >= 4 is 5.95 Å². The molecule has 2 fully saturated rings. The Hall–Kier alpha value is -1.20. The molecule has 5 heteroatoms. The highest BCUT2D eigenvalue weighted by Crippen LogP contribution is 2.25. The summed E-state index contributed by atoms with van der Waals surface area (Å²) in [5.41, 5.74) is 1.24. The van der Waals surface area contributed by atoms with Crippen molar-refractivity contribution in [2.45, 2.75) is 37.6 Å². The molecule has 104 valence electrons. The van der Waals surface area contributed by atoms with E-state index in [-0.39, 0.29) is 0 Å². The Morgan fingerprint density at radius 2 is 2.00 bits per heavy atom. The molecule has 19 heavy (non-hydrogen) atoms. The molecule has 1 aromatic rings. The largest absolute Gasteiger partial charge is 0.381 e. The van der Waals surface area contributed by atoms with Crippen LogP contribution in [0.25, 0.3) is 0 Å². The van der Waals surface area contributed by atoms with Crippen molar-refractivity contribution in [1.29, 1.82) is 0 Å². The minimum absolute atomic E-state index is 0.568. The number of anilines is 1. The van der Waals surface area contributed by atoms with Crippen LogP contribution in [0.4, 0.5) is 5.95 Å². The van der Waals surface area contributed by atoms with Gasteiger partial charge in [0.25, 0.3) is 0 Å². The molecule has 0 spiro atoms. The number of aromatic nitrogens is 2. The lowest BCUT2D eigenvalue weighted by Gasteiger charge is -2.21. The van der Waals surface area contributed by atoms with E-state index in [9.17, 15) is 0 Å². The molecule has 0 aliphatic carbocycles. The van der Waals surface area contributed by atoms with Gasteiger partial charge in [0, 0.05) is 38.2 Å². The monoisotopic (exact) mass is 262 g/mol. The van der Waals surface area contributed by atoms with E-state index in [2.05, 4.69) is 20.6 Å². The molecule has 0 aromatic carbocycles. The zero-order valence-electron chi connectivity index (χ0n) is 11.3. The van der Waals surface area contributed by atoms with E-state index in [1.165, 1.54) is 18.4 Å². The van der Waals surface area contributed by atoms with Gasteiger partial charge < -0.3 is 15.4 Å². The fourth-order valence-corrected chi connectivity index (χ4v) is 2.82. The maximum absolute atomic E-state index is 5.38. The molecule has 3 heterocycles. The van der Waals surface area contributed by atoms with Gasteiger partial charge in [-0.2, -0.15) is 0 Å². The lowest BCUT2D eigenvalue weighted by Crippen LogP contribution is -2.29. The summed E-state index contributed by atoms with van der Waals surface area (Å²) in [4.78, 5) is 8.85. The van der Waals surface area contributed by atoms with E-state index in [1.807, 2.05) is 12.4 Å². The molecular weight excluding hydrogens is 240 g/mol. The minimum atomic E-state index is 0.568. The molecule has 1 aromatic heterocycles. The van der Waals surface area contributed by atoms with E-state index >= 15 is 0 Å². The van der Waals surface area contributed by atoms with E-state index in [0.29, 0.717) is 12.0 Å². The van der Waals surface area contributed by atoms with E-state index in [1.54, 1.807) is 0 Å². The van der Waals surface area contributed by atoms with Gasteiger partial charge in [0.2, 0.25) is 5.95 Å². The fraction of sp³-hybridized carbons (Fsp3) is 0.714. The molecule has 1 atom stereocenters. The third-order valence-corrected chi connectivity index (χ3v) is 4.03. The van der Waals surface area contributed by atoms with Crippen LogP contribution in [-0.4, -0.2) is 42.3 Å². The lowest BCUT2D eigenvalue weighted by atomic mass is 9.94. The van der Waals surface area contributed by atoms with Gasteiger partial charge >= 0.3 is 0 Å². The summed E-state index contributed by atoms with van der Waals surface area (Å²) in [6.45, 7) is 3.77. The van der Waals surface area contributed by atoms with Gasteiger partial charge in [0.05, 0.1) is 0 Å². The second-order valence-corrected chi connectivity index (χ2v) is 5.40. The third kappa shape index (κ3) is 3.42. The molecule has 2 saturated heterocycles. The van der Waals surface area contributed by atoms with Crippen molar-refractivity contribution in [3.8, 4) is 0 Å². The summed E-state index contributed by atoms with van der Waals surface area (Å²) in [5, 5.41) is 6.77. The van der Waals surface area contributed by atoms with Crippen LogP contribution in [0.2, 0.25) is 0 Å². The molecule has 1 unspecified atom stereocenters. The Morgan fingerprint density at radius 3 is 2.68 bits per heavy atom. The highest BCUT2D eigenvalue weighted by molar-refractivity contribution is 5.26. The molecule has 0 bridgehead atoms. The van der Waals surface area contributed by atoms with Crippen LogP contribution in [0.3, 0.4) is 0 Å². The first kappa shape index (κ1) is 12.8. The summed E-state index contributed by atoms with van der Waals surface area (Å²) in [6, 6.07) is 0.568. The third-order valence-electron chi connectivity index (χ3n) is 4.03. The number of rotatable bonds is 4. The summed E-state index contributed by atoms with van der Waals surface area (Å²) in [6.07, 6.45) is 8.62. The summed E-state index contributed by atoms with van der Waals surface area (Å²) >= 11 is 0. The Bertz CT molecular complexity index is 383. The van der Waals surface area contributed by atoms with Crippen LogP contribution < -0.4 is 10.6 Å². The first-order chi connectivity index (χ1) is 9.42. The average Bonchev–Trinajstić information content (AvgIpc) is 3.00. The number of ether oxygens (including phenoxy) is 1. The minimum Gasteiger partial charge on any atom is -0.381 e. The van der Waals surface area contributed by atoms with Crippen molar-refractivity contribution in [2.24, 2.45) is 0 Å². The molecule has 2 aliphatic rings. The smallest absolute Gasteiger partial charge is 0.222 e. The maximum atomic E-state index is 5.38. The highest BCUT2D eigenvalue weighted by atomic mass is 16.5. The first-order valence-electron chi connectivity index (χ1n) is 7.29. The van der Waals surface area contributed by atoms with E-state index in [4.69, 9.17) is 4.74 Å². The van der Waals surface area contributed by atoms with Crippen LogP contribution in [0.1, 0.15) is 37.2 Å². The molecular formula is C14H22N4O. The molecule has 3 rings (SSSR count). The van der Waals surface area contributed by atoms with Crippen molar-refractivity contribution in [3.63, 3.8) is 0 Å². The second-order valence-electron chi connectivity index (χ2n) is 5.40. The molecule has 0 saturated carbocycles. The zero-order chi connectivity index (χ0) is 12.9. The quantitative estimate of drug-likeness (QED) is 0.862. The van der Waals surface area contributed by atoms with Crippen LogP contribution in [0.5, 0.6) is 0 Å². The molecule has 2 aliphatic heterocycles. The predicted octanol–water partition coefficient (Wildman–Crippen LogP) is 1.53.